The summed E-state index contributed by atoms with van der Waals surface area (Å²) in [5, 5.41) is 3.29. The first kappa shape index (κ1) is 19.9. The second-order valence-electron chi connectivity index (χ2n) is 5.34. The van der Waals surface area contributed by atoms with Crippen LogP contribution in [-0.4, -0.2) is 31.4 Å². The monoisotopic (exact) mass is 395 g/mol. The number of Topliss-reactive ketones (excluding diaryl/α,β-unsaturated/α-hetero) is 1. The number of carbonyl (C=O) groups is 3. The first-order valence-electron chi connectivity index (χ1n) is 7.76. The van der Waals surface area contributed by atoms with E-state index in [2.05, 4.69) is 5.32 Å². The highest BCUT2D eigenvalue weighted by Crippen LogP contribution is 2.35. The minimum absolute atomic E-state index is 0.177. The van der Waals surface area contributed by atoms with Gasteiger partial charge in [-0.15, -0.1) is 11.3 Å². The van der Waals surface area contributed by atoms with Crippen molar-refractivity contribution in [2.24, 2.45) is 0 Å². The number of ether oxygens (including phenoxy) is 2. The predicted octanol–water partition coefficient (Wildman–Crippen LogP) is 4.35. The fourth-order valence-electron chi connectivity index (χ4n) is 2.41. The molecule has 1 aromatic carbocycles. The van der Waals surface area contributed by atoms with Gasteiger partial charge in [0, 0.05) is 5.02 Å². The van der Waals surface area contributed by atoms with Gasteiger partial charge in [0.1, 0.15) is 10.8 Å². The number of hydrogen-bond donors (Lipinski definition) is 1. The summed E-state index contributed by atoms with van der Waals surface area (Å²) in [4.78, 5) is 37.2. The molecule has 1 N–H and O–H groups in total. The molecule has 6 nitrogen and oxygen atoms in total. The van der Waals surface area contributed by atoms with Crippen molar-refractivity contribution in [2.75, 3.05) is 19.0 Å². The van der Waals surface area contributed by atoms with Gasteiger partial charge in [-0.1, -0.05) is 11.6 Å². The molecule has 0 atom stereocenters. The van der Waals surface area contributed by atoms with Gasteiger partial charge in [0.25, 0.3) is 5.91 Å². The van der Waals surface area contributed by atoms with Gasteiger partial charge in [-0.2, -0.15) is 0 Å². The number of methoxy groups -OCH3 is 1. The minimum Gasteiger partial charge on any atom is -0.496 e. The Hall–Kier alpha value is -2.38. The molecule has 0 aliphatic rings. The van der Waals surface area contributed by atoms with Crippen LogP contribution in [-0.2, 0) is 4.74 Å². The SMILES string of the molecule is CCOC(=O)c1c(NC(=O)c2cc(Cl)ccc2OC)sc(C(C)=O)c1C. The Bertz CT molecular complexity index is 875. The van der Waals surface area contributed by atoms with Gasteiger partial charge < -0.3 is 14.8 Å². The second-order valence-corrected chi connectivity index (χ2v) is 6.79. The topological polar surface area (TPSA) is 81.7 Å². The molecule has 8 heteroatoms. The maximum absolute atomic E-state index is 12.7. The summed E-state index contributed by atoms with van der Waals surface area (Å²) in [6, 6.07) is 4.64. The number of halogens is 1. The number of amides is 1. The number of hydrogen-bond acceptors (Lipinski definition) is 6. The molecule has 1 heterocycles. The van der Waals surface area contributed by atoms with Gasteiger partial charge in [-0.3, -0.25) is 9.59 Å². The van der Waals surface area contributed by atoms with Crippen LogP contribution in [0.1, 0.15) is 49.8 Å². The van der Waals surface area contributed by atoms with Crippen LogP contribution in [0, 0.1) is 6.92 Å². The largest absolute Gasteiger partial charge is 0.496 e. The number of nitrogens with one attached hydrogen (secondary N) is 1. The average molecular weight is 396 g/mol. The molecule has 2 aromatic rings. The number of carbonyl (C=O) groups excluding carboxylic acids is 3. The Kier molecular flexibility index (Phi) is 6.39. The fourth-order valence-corrected chi connectivity index (χ4v) is 3.67. The lowest BCUT2D eigenvalue weighted by Crippen LogP contribution is -2.15. The van der Waals surface area contributed by atoms with Gasteiger partial charge in [0.15, 0.2) is 5.78 Å². The van der Waals surface area contributed by atoms with E-state index in [9.17, 15) is 14.4 Å². The maximum atomic E-state index is 12.7. The summed E-state index contributed by atoms with van der Waals surface area (Å²) in [5.74, 6) is -0.961. The van der Waals surface area contributed by atoms with Gasteiger partial charge in [-0.25, -0.2) is 4.79 Å². The van der Waals surface area contributed by atoms with E-state index in [1.54, 1.807) is 26.0 Å². The zero-order valence-corrected chi connectivity index (χ0v) is 16.3. The van der Waals surface area contributed by atoms with Crippen molar-refractivity contribution >= 4 is 45.6 Å². The summed E-state index contributed by atoms with van der Waals surface area (Å²) < 4.78 is 10.2. The summed E-state index contributed by atoms with van der Waals surface area (Å²) in [7, 11) is 1.44. The molecule has 0 aliphatic heterocycles. The molecule has 138 valence electrons. The standard InChI is InChI=1S/C18H18ClNO5S/c1-5-25-18(23)14-9(2)15(10(3)21)26-17(14)20-16(22)12-8-11(19)6-7-13(12)24-4/h6-8H,5H2,1-4H3,(H,20,22). The third-order valence-electron chi connectivity index (χ3n) is 3.58. The Morgan fingerprint density at radius 3 is 2.54 bits per heavy atom. The van der Waals surface area contributed by atoms with Gasteiger partial charge in [0.2, 0.25) is 0 Å². The van der Waals surface area contributed by atoms with Crippen LogP contribution >= 0.6 is 22.9 Å². The van der Waals surface area contributed by atoms with Crippen molar-refractivity contribution in [2.45, 2.75) is 20.8 Å². The lowest BCUT2D eigenvalue weighted by atomic mass is 10.1. The van der Waals surface area contributed by atoms with E-state index in [-0.39, 0.29) is 28.5 Å². The lowest BCUT2D eigenvalue weighted by Gasteiger charge is -2.10. The highest BCUT2D eigenvalue weighted by atomic mass is 35.5. The number of benzene rings is 1. The Morgan fingerprint density at radius 1 is 1.27 bits per heavy atom. The minimum atomic E-state index is -0.595. The van der Waals surface area contributed by atoms with E-state index >= 15 is 0 Å². The predicted molar refractivity (Wildman–Crippen MR) is 101 cm³/mol. The molecule has 0 bridgehead atoms. The summed E-state index contributed by atoms with van der Waals surface area (Å²) >= 11 is 7.00. The van der Waals surface area contributed by atoms with Crippen LogP contribution in [0.4, 0.5) is 5.00 Å². The zero-order valence-electron chi connectivity index (χ0n) is 14.8. The number of anilines is 1. The maximum Gasteiger partial charge on any atom is 0.341 e. The third-order valence-corrected chi connectivity index (χ3v) is 5.12. The van der Waals surface area contributed by atoms with Crippen LogP contribution in [0.2, 0.25) is 5.02 Å². The van der Waals surface area contributed by atoms with Gasteiger partial charge in [0.05, 0.1) is 29.7 Å². The highest BCUT2D eigenvalue weighted by Gasteiger charge is 2.26. The lowest BCUT2D eigenvalue weighted by molar-refractivity contribution is 0.0527. The smallest absolute Gasteiger partial charge is 0.341 e. The number of rotatable bonds is 6. The van der Waals surface area contributed by atoms with E-state index in [0.29, 0.717) is 21.2 Å². The van der Waals surface area contributed by atoms with Crippen molar-refractivity contribution in [3.05, 3.63) is 44.8 Å². The summed E-state index contributed by atoms with van der Waals surface area (Å²) in [6.45, 7) is 4.91. The molecule has 26 heavy (non-hydrogen) atoms. The Morgan fingerprint density at radius 2 is 1.96 bits per heavy atom. The zero-order chi connectivity index (χ0) is 19.4. The first-order chi connectivity index (χ1) is 12.3. The van der Waals surface area contributed by atoms with Gasteiger partial charge in [-0.05, 0) is 44.5 Å². The van der Waals surface area contributed by atoms with E-state index in [1.807, 2.05) is 0 Å². The molecule has 0 saturated heterocycles. The van der Waals surface area contributed by atoms with E-state index in [4.69, 9.17) is 21.1 Å². The molecule has 1 aromatic heterocycles. The Balaban J connectivity index is 2.47. The van der Waals surface area contributed by atoms with Crippen LogP contribution in [0.15, 0.2) is 18.2 Å². The Labute approximate surface area is 160 Å². The number of ketones is 1. The fraction of sp³-hybridized carbons (Fsp3) is 0.278. The van der Waals surface area contributed by atoms with E-state index in [1.165, 1.54) is 20.1 Å². The van der Waals surface area contributed by atoms with Crippen LogP contribution in [0.3, 0.4) is 0 Å². The molecule has 0 spiro atoms. The molecule has 0 fully saturated rings. The van der Waals surface area contributed by atoms with Crippen LogP contribution < -0.4 is 10.1 Å². The number of esters is 1. The van der Waals surface area contributed by atoms with Crippen molar-refractivity contribution in [3.8, 4) is 5.75 Å². The molecule has 0 saturated carbocycles. The highest BCUT2D eigenvalue weighted by molar-refractivity contribution is 7.18. The van der Waals surface area contributed by atoms with Crippen molar-refractivity contribution in [1.82, 2.24) is 0 Å². The molecule has 1 amide bonds. The molecule has 2 rings (SSSR count). The first-order valence-corrected chi connectivity index (χ1v) is 8.95. The molecule has 0 unspecified atom stereocenters. The average Bonchev–Trinajstić information content (AvgIpc) is 2.91. The van der Waals surface area contributed by atoms with E-state index < -0.39 is 11.9 Å². The molecular weight excluding hydrogens is 378 g/mol. The summed E-state index contributed by atoms with van der Waals surface area (Å²) in [6.07, 6.45) is 0. The van der Waals surface area contributed by atoms with E-state index in [0.717, 1.165) is 11.3 Å². The third kappa shape index (κ3) is 4.05. The van der Waals surface area contributed by atoms with Crippen LogP contribution in [0.5, 0.6) is 5.75 Å². The van der Waals surface area contributed by atoms with Crippen molar-refractivity contribution < 1.29 is 23.9 Å². The van der Waals surface area contributed by atoms with Crippen molar-refractivity contribution in [3.63, 3.8) is 0 Å². The molecule has 0 aliphatic carbocycles. The molecule has 0 radical (unpaired) electrons. The quantitative estimate of drug-likeness (QED) is 0.580. The van der Waals surface area contributed by atoms with Gasteiger partial charge >= 0.3 is 5.97 Å². The second kappa shape index (κ2) is 8.33. The molecular formula is C18H18ClNO5S. The van der Waals surface area contributed by atoms with Crippen LogP contribution in [0.25, 0.3) is 0 Å². The number of thiophene rings is 1. The summed E-state index contributed by atoms with van der Waals surface area (Å²) in [5.41, 5.74) is 0.871. The normalized spacial score (nSPS) is 10.3. The van der Waals surface area contributed by atoms with Crippen molar-refractivity contribution in [1.29, 1.82) is 0 Å².